The number of carbonyl (C=O) groups is 1. The van der Waals surface area contributed by atoms with Gasteiger partial charge in [-0.2, -0.15) is 0 Å². The molecule has 1 aromatic carbocycles. The van der Waals surface area contributed by atoms with E-state index in [1.54, 1.807) is 35.4 Å². The van der Waals surface area contributed by atoms with Gasteiger partial charge in [0.15, 0.2) is 0 Å². The number of hydrogen-bond donors (Lipinski definition) is 1. The topological polar surface area (TPSA) is 63.7 Å². The van der Waals surface area contributed by atoms with Gasteiger partial charge >= 0.3 is 6.09 Å². The zero-order valence-corrected chi connectivity index (χ0v) is 17.5. The SMILES string of the molecule is CC(C)(C)OC(=O)N1CCNCC1c1ncccc1OCc1ccc(Cl)cc1F. The summed E-state index contributed by atoms with van der Waals surface area (Å²) in [5.41, 5.74) is 0.386. The molecule has 1 N–H and O–H groups in total. The molecule has 1 amide bonds. The van der Waals surface area contributed by atoms with Crippen LogP contribution < -0.4 is 10.1 Å². The van der Waals surface area contributed by atoms with Gasteiger partial charge in [-0.05, 0) is 45.0 Å². The lowest BCUT2D eigenvalue weighted by Gasteiger charge is -2.37. The lowest BCUT2D eigenvalue weighted by Crippen LogP contribution is -2.50. The second-order valence-electron chi connectivity index (χ2n) is 7.80. The van der Waals surface area contributed by atoms with Crippen LogP contribution in [0.1, 0.15) is 38.1 Å². The molecule has 0 radical (unpaired) electrons. The van der Waals surface area contributed by atoms with E-state index in [9.17, 15) is 9.18 Å². The van der Waals surface area contributed by atoms with Crippen molar-refractivity contribution in [2.75, 3.05) is 19.6 Å². The Morgan fingerprint density at radius 2 is 2.17 bits per heavy atom. The largest absolute Gasteiger partial charge is 0.487 e. The van der Waals surface area contributed by atoms with Crippen LogP contribution in [-0.4, -0.2) is 41.2 Å². The van der Waals surface area contributed by atoms with Gasteiger partial charge in [0.1, 0.15) is 29.5 Å². The average molecular weight is 422 g/mol. The van der Waals surface area contributed by atoms with Gasteiger partial charge in [-0.15, -0.1) is 0 Å². The fourth-order valence-electron chi connectivity index (χ4n) is 3.06. The third-order valence-corrected chi connectivity index (χ3v) is 4.62. The van der Waals surface area contributed by atoms with E-state index < -0.39 is 17.5 Å². The number of aromatic nitrogens is 1. The Bertz CT molecular complexity index is 872. The highest BCUT2D eigenvalue weighted by Gasteiger charge is 2.33. The molecule has 1 aliphatic heterocycles. The first-order valence-corrected chi connectivity index (χ1v) is 9.84. The Morgan fingerprint density at radius 1 is 1.38 bits per heavy atom. The van der Waals surface area contributed by atoms with Crippen LogP contribution >= 0.6 is 11.6 Å². The predicted octanol–water partition coefficient (Wildman–Crippen LogP) is 4.33. The first-order chi connectivity index (χ1) is 13.7. The number of pyridine rings is 1. The normalized spacial score (nSPS) is 17.1. The molecule has 6 nitrogen and oxygen atoms in total. The maximum absolute atomic E-state index is 14.1. The Kier molecular flexibility index (Phi) is 6.59. The van der Waals surface area contributed by atoms with Crippen LogP contribution in [0.4, 0.5) is 9.18 Å². The smallest absolute Gasteiger partial charge is 0.410 e. The molecule has 1 atom stereocenters. The van der Waals surface area contributed by atoms with Crippen LogP contribution in [0.2, 0.25) is 5.02 Å². The quantitative estimate of drug-likeness (QED) is 0.795. The Balaban J connectivity index is 1.81. The van der Waals surface area contributed by atoms with Crippen molar-refractivity contribution in [2.45, 2.75) is 39.0 Å². The third kappa shape index (κ3) is 5.58. The van der Waals surface area contributed by atoms with Crippen LogP contribution in [-0.2, 0) is 11.3 Å². The van der Waals surface area contributed by atoms with Crippen molar-refractivity contribution in [3.8, 4) is 5.75 Å². The molecule has 2 aromatic rings. The van der Waals surface area contributed by atoms with Crippen molar-refractivity contribution in [3.05, 3.63) is 58.6 Å². The Morgan fingerprint density at radius 3 is 2.90 bits per heavy atom. The van der Waals surface area contributed by atoms with Crippen molar-refractivity contribution in [1.29, 1.82) is 0 Å². The molecule has 0 saturated carbocycles. The van der Waals surface area contributed by atoms with Gasteiger partial charge in [-0.1, -0.05) is 17.7 Å². The van der Waals surface area contributed by atoms with E-state index in [1.807, 2.05) is 20.8 Å². The van der Waals surface area contributed by atoms with E-state index in [0.29, 0.717) is 41.7 Å². The van der Waals surface area contributed by atoms with Crippen LogP contribution in [0.15, 0.2) is 36.5 Å². The molecule has 1 aliphatic rings. The number of carbonyl (C=O) groups excluding carboxylic acids is 1. The van der Waals surface area contributed by atoms with E-state index in [0.717, 1.165) is 0 Å². The van der Waals surface area contributed by atoms with Crippen molar-refractivity contribution < 1.29 is 18.7 Å². The minimum absolute atomic E-state index is 0.0221. The van der Waals surface area contributed by atoms with Crippen LogP contribution in [0, 0.1) is 5.82 Å². The highest BCUT2D eigenvalue weighted by molar-refractivity contribution is 6.30. The number of amides is 1. The molecule has 2 heterocycles. The molecule has 0 aliphatic carbocycles. The molecule has 156 valence electrons. The second kappa shape index (κ2) is 8.97. The lowest BCUT2D eigenvalue weighted by atomic mass is 10.1. The van der Waals surface area contributed by atoms with Crippen LogP contribution in [0.3, 0.4) is 0 Å². The number of piperazine rings is 1. The molecule has 1 unspecified atom stereocenters. The maximum atomic E-state index is 14.1. The number of rotatable bonds is 4. The summed E-state index contributed by atoms with van der Waals surface area (Å²) >= 11 is 5.81. The third-order valence-electron chi connectivity index (χ3n) is 4.39. The molecule has 29 heavy (non-hydrogen) atoms. The molecule has 0 spiro atoms. The molecule has 1 saturated heterocycles. The molecular formula is C21H25ClFN3O3. The maximum Gasteiger partial charge on any atom is 0.410 e. The Hall–Kier alpha value is -2.38. The standard InChI is InChI=1S/C21H25ClFN3O3/c1-21(2,3)29-20(27)26-10-9-24-12-17(26)19-18(5-4-8-25-19)28-13-14-6-7-15(22)11-16(14)23/h4-8,11,17,24H,9-10,12-13H2,1-3H3. The number of nitrogens with one attached hydrogen (secondary N) is 1. The number of nitrogens with zero attached hydrogens (tertiary/aromatic N) is 2. The number of benzene rings is 1. The number of ether oxygens (including phenoxy) is 2. The van der Waals surface area contributed by atoms with E-state index in [2.05, 4.69) is 10.3 Å². The average Bonchev–Trinajstić information content (AvgIpc) is 2.66. The van der Waals surface area contributed by atoms with Crippen molar-refractivity contribution in [3.63, 3.8) is 0 Å². The summed E-state index contributed by atoms with van der Waals surface area (Å²) in [6.07, 6.45) is 1.25. The van der Waals surface area contributed by atoms with Gasteiger partial charge in [0.25, 0.3) is 0 Å². The van der Waals surface area contributed by atoms with Gasteiger partial charge in [-0.25, -0.2) is 9.18 Å². The molecule has 3 rings (SSSR count). The summed E-state index contributed by atoms with van der Waals surface area (Å²) in [4.78, 5) is 18.8. The lowest BCUT2D eigenvalue weighted by molar-refractivity contribution is 0.0110. The van der Waals surface area contributed by atoms with Gasteiger partial charge in [0.05, 0.1) is 6.04 Å². The van der Waals surface area contributed by atoms with Gasteiger partial charge < -0.3 is 14.8 Å². The summed E-state index contributed by atoms with van der Waals surface area (Å²) in [6.45, 7) is 7.18. The van der Waals surface area contributed by atoms with E-state index >= 15 is 0 Å². The number of hydrogen-bond acceptors (Lipinski definition) is 5. The van der Waals surface area contributed by atoms with Crippen LogP contribution in [0.25, 0.3) is 0 Å². The van der Waals surface area contributed by atoms with E-state index in [4.69, 9.17) is 21.1 Å². The minimum Gasteiger partial charge on any atom is -0.487 e. The second-order valence-corrected chi connectivity index (χ2v) is 8.24. The predicted molar refractivity (Wildman–Crippen MR) is 109 cm³/mol. The highest BCUT2D eigenvalue weighted by Crippen LogP contribution is 2.30. The van der Waals surface area contributed by atoms with Crippen LogP contribution in [0.5, 0.6) is 5.75 Å². The molecule has 8 heteroatoms. The fraction of sp³-hybridized carbons (Fsp3) is 0.429. The van der Waals surface area contributed by atoms with Gasteiger partial charge in [-0.3, -0.25) is 9.88 Å². The minimum atomic E-state index is -0.595. The van der Waals surface area contributed by atoms with Crippen molar-refractivity contribution >= 4 is 17.7 Å². The zero-order valence-electron chi connectivity index (χ0n) is 16.7. The first kappa shape index (κ1) is 21.3. The van der Waals surface area contributed by atoms with Crippen molar-refractivity contribution in [1.82, 2.24) is 15.2 Å². The Labute approximate surface area is 175 Å². The molecule has 1 fully saturated rings. The van der Waals surface area contributed by atoms with Gasteiger partial charge in [0, 0.05) is 36.4 Å². The molecule has 0 bridgehead atoms. The monoisotopic (exact) mass is 421 g/mol. The zero-order chi connectivity index (χ0) is 21.0. The molecule has 1 aromatic heterocycles. The summed E-state index contributed by atoms with van der Waals surface area (Å²) < 4.78 is 25.5. The summed E-state index contributed by atoms with van der Waals surface area (Å²) in [5, 5.41) is 3.61. The van der Waals surface area contributed by atoms with E-state index in [-0.39, 0.29) is 12.6 Å². The summed E-state index contributed by atoms with van der Waals surface area (Å²) in [7, 11) is 0. The first-order valence-electron chi connectivity index (χ1n) is 9.46. The molecular weight excluding hydrogens is 397 g/mol. The van der Waals surface area contributed by atoms with Crippen molar-refractivity contribution in [2.24, 2.45) is 0 Å². The summed E-state index contributed by atoms with van der Waals surface area (Å²) in [5.74, 6) is 0.0572. The fourth-order valence-corrected chi connectivity index (χ4v) is 3.22. The highest BCUT2D eigenvalue weighted by atomic mass is 35.5. The van der Waals surface area contributed by atoms with E-state index in [1.165, 1.54) is 6.07 Å². The summed E-state index contributed by atoms with van der Waals surface area (Å²) in [6, 6.07) is 7.60. The number of halogens is 2. The van der Waals surface area contributed by atoms with Gasteiger partial charge in [0.2, 0.25) is 0 Å².